The van der Waals surface area contributed by atoms with Crippen LogP contribution in [0.3, 0.4) is 0 Å². The SMILES string of the molecule is C#CC(F)(F)[C@]1(O)CC[C@H]2[C@@H]3CCC4=CC(=O)CCC4=C3[C@H](c3ccc(OCC4(C)CCC4)cc3)C[C@@]21C. The average molecular weight is 521 g/mol. The highest BCUT2D eigenvalue weighted by Gasteiger charge is 2.71. The summed E-state index contributed by atoms with van der Waals surface area (Å²) < 4.78 is 36.6. The van der Waals surface area contributed by atoms with Gasteiger partial charge in [-0.1, -0.05) is 38.0 Å². The summed E-state index contributed by atoms with van der Waals surface area (Å²) in [7, 11) is 0. The molecule has 5 heteroatoms. The first-order chi connectivity index (χ1) is 18.0. The number of alkyl halides is 2. The lowest BCUT2D eigenvalue weighted by Crippen LogP contribution is -2.59. The molecule has 0 saturated heterocycles. The Kier molecular flexibility index (Phi) is 5.96. The van der Waals surface area contributed by atoms with Gasteiger partial charge in [0.2, 0.25) is 0 Å². The molecule has 1 aromatic carbocycles. The largest absolute Gasteiger partial charge is 0.493 e. The second-order valence-corrected chi connectivity index (χ2v) is 13.1. The van der Waals surface area contributed by atoms with Crippen molar-refractivity contribution in [2.45, 2.75) is 95.5 Å². The van der Waals surface area contributed by atoms with Gasteiger partial charge in [0, 0.05) is 23.2 Å². The molecule has 3 nitrogen and oxygen atoms in total. The van der Waals surface area contributed by atoms with Crippen LogP contribution in [0.4, 0.5) is 8.78 Å². The molecule has 0 radical (unpaired) electrons. The van der Waals surface area contributed by atoms with Crippen molar-refractivity contribution in [2.75, 3.05) is 6.61 Å². The van der Waals surface area contributed by atoms with Crippen LogP contribution >= 0.6 is 0 Å². The van der Waals surface area contributed by atoms with E-state index >= 15 is 8.78 Å². The van der Waals surface area contributed by atoms with Crippen molar-refractivity contribution in [3.8, 4) is 18.1 Å². The molecule has 0 heterocycles. The molecule has 1 aromatic rings. The van der Waals surface area contributed by atoms with Gasteiger partial charge < -0.3 is 9.84 Å². The fourth-order valence-electron chi connectivity index (χ4n) is 8.58. The number of hydrogen-bond acceptors (Lipinski definition) is 3. The van der Waals surface area contributed by atoms with Crippen LogP contribution in [0.1, 0.15) is 89.5 Å². The van der Waals surface area contributed by atoms with Crippen LogP contribution in [0.15, 0.2) is 47.1 Å². The number of hydrogen-bond donors (Lipinski definition) is 1. The smallest absolute Gasteiger partial charge is 0.336 e. The monoisotopic (exact) mass is 520 g/mol. The predicted molar refractivity (Wildman–Crippen MR) is 143 cm³/mol. The Morgan fingerprint density at radius 3 is 2.50 bits per heavy atom. The number of allylic oxidation sites excluding steroid dienone is 4. The summed E-state index contributed by atoms with van der Waals surface area (Å²) in [6, 6.07) is 8.12. The van der Waals surface area contributed by atoms with E-state index in [2.05, 4.69) is 19.1 Å². The third-order valence-electron chi connectivity index (χ3n) is 11.0. The fraction of sp³-hybridized carbons (Fsp3) is 0.606. The van der Waals surface area contributed by atoms with Gasteiger partial charge in [-0.25, -0.2) is 0 Å². The molecule has 0 spiro atoms. The minimum absolute atomic E-state index is 0.00390. The summed E-state index contributed by atoms with van der Waals surface area (Å²) >= 11 is 0. The molecule has 0 aromatic heterocycles. The van der Waals surface area contributed by atoms with E-state index in [1.165, 1.54) is 30.4 Å². The van der Waals surface area contributed by atoms with Crippen LogP contribution < -0.4 is 4.74 Å². The topological polar surface area (TPSA) is 46.5 Å². The van der Waals surface area contributed by atoms with E-state index in [4.69, 9.17) is 11.2 Å². The van der Waals surface area contributed by atoms with Gasteiger partial charge in [-0.3, -0.25) is 4.79 Å². The van der Waals surface area contributed by atoms with Gasteiger partial charge in [-0.05, 0) is 104 Å². The number of benzene rings is 1. The molecule has 3 saturated carbocycles. The fourth-order valence-corrected chi connectivity index (χ4v) is 8.58. The molecule has 3 fully saturated rings. The van der Waals surface area contributed by atoms with Crippen molar-refractivity contribution in [3.63, 3.8) is 0 Å². The lowest BCUT2D eigenvalue weighted by atomic mass is 9.50. The zero-order chi connectivity index (χ0) is 26.9. The lowest BCUT2D eigenvalue weighted by Gasteiger charge is -2.55. The van der Waals surface area contributed by atoms with E-state index in [0.717, 1.165) is 29.7 Å². The second-order valence-electron chi connectivity index (χ2n) is 13.1. The molecule has 202 valence electrons. The third kappa shape index (κ3) is 3.74. The normalized spacial score (nSPS) is 35.8. The van der Waals surface area contributed by atoms with Gasteiger partial charge in [0.25, 0.3) is 0 Å². The van der Waals surface area contributed by atoms with Crippen LogP contribution in [0, 0.1) is 35.0 Å². The van der Waals surface area contributed by atoms with E-state index in [1.807, 2.05) is 25.1 Å². The number of ketones is 1. The van der Waals surface area contributed by atoms with Gasteiger partial charge >= 0.3 is 5.92 Å². The molecule has 1 N–H and O–H groups in total. The van der Waals surface area contributed by atoms with Crippen molar-refractivity contribution < 1.29 is 23.4 Å². The highest BCUT2D eigenvalue weighted by Crippen LogP contribution is 2.69. The highest BCUT2D eigenvalue weighted by molar-refractivity contribution is 5.93. The first-order valence-electron chi connectivity index (χ1n) is 14.3. The van der Waals surface area contributed by atoms with E-state index in [-0.39, 0.29) is 35.4 Å². The molecule has 5 atom stereocenters. The number of terminal acetylenes is 1. The summed E-state index contributed by atoms with van der Waals surface area (Å²) in [5.41, 5.74) is 1.72. The zero-order valence-corrected chi connectivity index (χ0v) is 22.5. The second kappa shape index (κ2) is 8.78. The van der Waals surface area contributed by atoms with Crippen LogP contribution in [0.2, 0.25) is 0 Å². The Morgan fingerprint density at radius 1 is 1.11 bits per heavy atom. The molecular formula is C33H38F2O3. The summed E-state index contributed by atoms with van der Waals surface area (Å²) in [5, 5.41) is 11.6. The minimum Gasteiger partial charge on any atom is -0.493 e. The van der Waals surface area contributed by atoms with Gasteiger partial charge in [-0.15, -0.1) is 6.42 Å². The average Bonchev–Trinajstić information content (AvgIpc) is 3.17. The molecule has 0 amide bonds. The van der Waals surface area contributed by atoms with E-state index in [9.17, 15) is 9.90 Å². The molecule has 0 unspecified atom stereocenters. The standard InChI is InChI=1S/C33H38F2O3/c1-4-33(34,35)32(37)17-14-28-26-12-8-22-18-23(36)9-13-25(22)29(26)27(19-31(28,32)3)21-6-10-24(11-7-21)38-20-30(2)15-5-16-30/h1,6-7,10-11,18,26-28,37H,5,8-9,12-17,19-20H2,2-3H3/t26-,27-,28-,31-,32-/m0/s1. The molecule has 0 bridgehead atoms. The summed E-state index contributed by atoms with van der Waals surface area (Å²) in [6.45, 7) is 4.80. The molecule has 5 aliphatic carbocycles. The number of ether oxygens (including phenoxy) is 1. The van der Waals surface area contributed by atoms with Gasteiger partial charge in [0.1, 0.15) is 11.4 Å². The number of carbonyl (C=O) groups is 1. The first kappa shape index (κ1) is 25.8. The van der Waals surface area contributed by atoms with E-state index < -0.39 is 16.9 Å². The van der Waals surface area contributed by atoms with Gasteiger partial charge in [0.05, 0.1) is 6.61 Å². The maximum absolute atomic E-state index is 15.2. The summed E-state index contributed by atoms with van der Waals surface area (Å²) in [6.07, 6.45) is 14.5. The molecule has 0 aliphatic heterocycles. The lowest BCUT2D eigenvalue weighted by molar-refractivity contribution is -0.209. The number of aliphatic hydroxyl groups is 1. The molecule has 5 aliphatic rings. The zero-order valence-electron chi connectivity index (χ0n) is 22.5. The molecule has 38 heavy (non-hydrogen) atoms. The maximum Gasteiger partial charge on any atom is 0.336 e. The van der Waals surface area contributed by atoms with Crippen molar-refractivity contribution in [1.29, 1.82) is 0 Å². The molecular weight excluding hydrogens is 482 g/mol. The van der Waals surface area contributed by atoms with Crippen LogP contribution in [-0.4, -0.2) is 29.0 Å². The van der Waals surface area contributed by atoms with Crippen molar-refractivity contribution in [2.24, 2.45) is 22.7 Å². The van der Waals surface area contributed by atoms with E-state index in [0.29, 0.717) is 32.3 Å². The van der Waals surface area contributed by atoms with Crippen molar-refractivity contribution >= 4 is 5.78 Å². The Balaban J connectivity index is 1.40. The summed E-state index contributed by atoms with van der Waals surface area (Å²) in [5.74, 6) is -1.07. The Morgan fingerprint density at radius 2 is 1.84 bits per heavy atom. The van der Waals surface area contributed by atoms with Crippen molar-refractivity contribution in [3.05, 3.63) is 52.6 Å². The predicted octanol–water partition coefficient (Wildman–Crippen LogP) is 7.15. The Bertz CT molecular complexity index is 1250. The number of rotatable bonds is 5. The number of fused-ring (bicyclic) bond motifs is 4. The van der Waals surface area contributed by atoms with Crippen LogP contribution in [0.5, 0.6) is 5.75 Å². The Hall–Kier alpha value is -2.45. The highest BCUT2D eigenvalue weighted by atomic mass is 19.3. The quantitative estimate of drug-likeness (QED) is 0.419. The van der Waals surface area contributed by atoms with Gasteiger partial charge in [-0.2, -0.15) is 8.78 Å². The van der Waals surface area contributed by atoms with Gasteiger partial charge in [0.15, 0.2) is 5.78 Å². The Labute approximate surface area is 224 Å². The van der Waals surface area contributed by atoms with Crippen molar-refractivity contribution in [1.82, 2.24) is 0 Å². The number of halogens is 2. The number of carbonyl (C=O) groups excluding carboxylic acids is 1. The maximum atomic E-state index is 15.2. The van der Waals surface area contributed by atoms with Crippen LogP contribution in [0.25, 0.3) is 0 Å². The molecule has 6 rings (SSSR count). The first-order valence-corrected chi connectivity index (χ1v) is 14.3. The van der Waals surface area contributed by atoms with Crippen LogP contribution in [-0.2, 0) is 4.79 Å². The summed E-state index contributed by atoms with van der Waals surface area (Å²) in [4.78, 5) is 12.2. The minimum atomic E-state index is -3.60. The third-order valence-corrected chi connectivity index (χ3v) is 11.0. The van der Waals surface area contributed by atoms with E-state index in [1.54, 1.807) is 5.92 Å².